The minimum Gasteiger partial charge on any atom is -0.343 e. The van der Waals surface area contributed by atoms with Crippen LogP contribution in [0.2, 0.25) is 0 Å². The molecule has 188 valence electrons. The Hall–Kier alpha value is -3.19. The third-order valence-electron chi connectivity index (χ3n) is 6.62. The molecule has 0 aliphatic carbocycles. The molecular formula is C28H38N4O3. The highest BCUT2D eigenvalue weighted by Gasteiger charge is 2.42. The Morgan fingerprint density at radius 3 is 1.94 bits per heavy atom. The maximum Gasteiger partial charge on any atom is 0.246 e. The Balaban J connectivity index is 1.82. The standard InChI is InChI=1S/C28H38N4O3/c1-19(29-5)25(33)31-24(28(2,3)4)27(35)32-18-12-17-22(32)26(34)30-23(20-13-8-6-9-14-20)21-15-10-7-11-16-21/h6-11,13-16,19,22-24,29H,12,17-18H2,1-5H3,(H,30,34)(H,31,33). The van der Waals surface area contributed by atoms with Crippen LogP contribution in [-0.4, -0.2) is 54.3 Å². The first-order valence-corrected chi connectivity index (χ1v) is 12.3. The molecule has 2 aromatic rings. The summed E-state index contributed by atoms with van der Waals surface area (Å²) in [7, 11) is 1.70. The third kappa shape index (κ3) is 6.48. The SMILES string of the molecule is CNC(C)C(=O)NC(C(=O)N1CCCC1C(=O)NC(c1ccccc1)c1ccccc1)C(C)(C)C. The summed E-state index contributed by atoms with van der Waals surface area (Å²) in [5.41, 5.74) is 1.44. The smallest absolute Gasteiger partial charge is 0.246 e. The zero-order chi connectivity index (χ0) is 25.6. The van der Waals surface area contributed by atoms with E-state index in [0.717, 1.165) is 17.5 Å². The van der Waals surface area contributed by atoms with Crippen molar-refractivity contribution < 1.29 is 14.4 Å². The molecule has 0 saturated carbocycles. The highest BCUT2D eigenvalue weighted by atomic mass is 16.2. The second kappa shape index (κ2) is 11.5. The van der Waals surface area contributed by atoms with Crippen molar-refractivity contribution in [3.63, 3.8) is 0 Å². The third-order valence-corrected chi connectivity index (χ3v) is 6.62. The van der Waals surface area contributed by atoms with Crippen molar-refractivity contribution >= 4 is 17.7 Å². The monoisotopic (exact) mass is 478 g/mol. The molecule has 7 nitrogen and oxygen atoms in total. The second-order valence-electron chi connectivity index (χ2n) is 10.3. The molecule has 3 unspecified atom stereocenters. The van der Waals surface area contributed by atoms with Crippen LogP contribution in [0.5, 0.6) is 0 Å². The van der Waals surface area contributed by atoms with E-state index in [0.29, 0.717) is 13.0 Å². The van der Waals surface area contributed by atoms with E-state index in [2.05, 4.69) is 16.0 Å². The highest BCUT2D eigenvalue weighted by Crippen LogP contribution is 2.28. The molecule has 1 heterocycles. The van der Waals surface area contributed by atoms with E-state index in [-0.39, 0.29) is 23.8 Å². The van der Waals surface area contributed by atoms with Crippen molar-refractivity contribution in [1.29, 1.82) is 0 Å². The molecule has 3 rings (SSSR count). The predicted molar refractivity (Wildman–Crippen MR) is 138 cm³/mol. The van der Waals surface area contributed by atoms with Gasteiger partial charge in [0.05, 0.1) is 12.1 Å². The summed E-state index contributed by atoms with van der Waals surface area (Å²) in [5, 5.41) is 9.01. The van der Waals surface area contributed by atoms with Gasteiger partial charge >= 0.3 is 0 Å². The molecule has 7 heteroatoms. The molecule has 0 spiro atoms. The van der Waals surface area contributed by atoms with E-state index in [1.54, 1.807) is 18.9 Å². The predicted octanol–water partition coefficient (Wildman–Crippen LogP) is 3.02. The van der Waals surface area contributed by atoms with Crippen molar-refractivity contribution in [3.8, 4) is 0 Å². The fourth-order valence-corrected chi connectivity index (χ4v) is 4.40. The summed E-state index contributed by atoms with van der Waals surface area (Å²) >= 11 is 0. The van der Waals surface area contributed by atoms with Crippen LogP contribution in [0.3, 0.4) is 0 Å². The van der Waals surface area contributed by atoms with Gasteiger partial charge in [0.1, 0.15) is 12.1 Å². The van der Waals surface area contributed by atoms with Crippen LogP contribution in [0.15, 0.2) is 60.7 Å². The lowest BCUT2D eigenvalue weighted by Crippen LogP contribution is -2.59. The number of likely N-dealkylation sites (tertiary alicyclic amines) is 1. The number of amides is 3. The molecule has 1 fully saturated rings. The van der Waals surface area contributed by atoms with Gasteiger partial charge in [-0.05, 0) is 43.4 Å². The van der Waals surface area contributed by atoms with Crippen LogP contribution in [-0.2, 0) is 14.4 Å². The molecule has 1 saturated heterocycles. The number of likely N-dealkylation sites (N-methyl/N-ethyl adjacent to an activating group) is 1. The number of carbonyl (C=O) groups excluding carboxylic acids is 3. The lowest BCUT2D eigenvalue weighted by molar-refractivity contribution is -0.144. The highest BCUT2D eigenvalue weighted by molar-refractivity contribution is 5.94. The second-order valence-corrected chi connectivity index (χ2v) is 10.3. The van der Waals surface area contributed by atoms with E-state index < -0.39 is 23.5 Å². The summed E-state index contributed by atoms with van der Waals surface area (Å²) in [6.45, 7) is 8.00. The first kappa shape index (κ1) is 26.4. The minimum atomic E-state index is -0.738. The van der Waals surface area contributed by atoms with Gasteiger partial charge in [-0.3, -0.25) is 14.4 Å². The molecule has 1 aliphatic rings. The van der Waals surface area contributed by atoms with E-state index in [9.17, 15) is 14.4 Å². The van der Waals surface area contributed by atoms with Crippen molar-refractivity contribution in [2.45, 2.75) is 64.7 Å². The van der Waals surface area contributed by atoms with E-state index >= 15 is 0 Å². The summed E-state index contributed by atoms with van der Waals surface area (Å²) in [6, 6.07) is 17.6. The van der Waals surface area contributed by atoms with Crippen LogP contribution in [0.25, 0.3) is 0 Å². The molecule has 0 radical (unpaired) electrons. The molecule has 3 N–H and O–H groups in total. The van der Waals surface area contributed by atoms with Gasteiger partial charge in [0, 0.05) is 6.54 Å². The number of hydrogen-bond acceptors (Lipinski definition) is 4. The number of carbonyl (C=O) groups is 3. The van der Waals surface area contributed by atoms with E-state index in [1.807, 2.05) is 81.4 Å². The topological polar surface area (TPSA) is 90.5 Å². The van der Waals surface area contributed by atoms with Gasteiger partial charge in [0.25, 0.3) is 0 Å². The van der Waals surface area contributed by atoms with Crippen LogP contribution >= 0.6 is 0 Å². The summed E-state index contributed by atoms with van der Waals surface area (Å²) in [5.74, 6) is -0.645. The van der Waals surface area contributed by atoms with Gasteiger partial charge < -0.3 is 20.9 Å². The molecule has 1 aliphatic heterocycles. The average molecular weight is 479 g/mol. The average Bonchev–Trinajstić information content (AvgIpc) is 3.35. The van der Waals surface area contributed by atoms with Crippen LogP contribution in [0.1, 0.15) is 57.7 Å². The van der Waals surface area contributed by atoms with Gasteiger partial charge in [0.15, 0.2) is 0 Å². The van der Waals surface area contributed by atoms with Crippen molar-refractivity contribution in [3.05, 3.63) is 71.8 Å². The minimum absolute atomic E-state index is 0.184. The number of benzene rings is 2. The lowest BCUT2D eigenvalue weighted by Gasteiger charge is -2.36. The number of nitrogens with one attached hydrogen (secondary N) is 3. The molecule has 3 amide bonds. The van der Waals surface area contributed by atoms with Crippen molar-refractivity contribution in [2.75, 3.05) is 13.6 Å². The Bertz CT molecular complexity index is 964. The maximum absolute atomic E-state index is 13.7. The van der Waals surface area contributed by atoms with Gasteiger partial charge in [-0.1, -0.05) is 81.4 Å². The van der Waals surface area contributed by atoms with E-state index in [4.69, 9.17) is 0 Å². The Kier molecular flexibility index (Phi) is 8.67. The first-order chi connectivity index (χ1) is 16.6. The van der Waals surface area contributed by atoms with Crippen molar-refractivity contribution in [2.24, 2.45) is 5.41 Å². The van der Waals surface area contributed by atoms with Gasteiger partial charge in [-0.15, -0.1) is 0 Å². The molecule has 3 atom stereocenters. The van der Waals surface area contributed by atoms with E-state index in [1.165, 1.54) is 0 Å². The quantitative estimate of drug-likeness (QED) is 0.544. The summed E-state index contributed by atoms with van der Waals surface area (Å²) < 4.78 is 0. The number of nitrogens with zero attached hydrogens (tertiary/aromatic N) is 1. The maximum atomic E-state index is 13.7. The zero-order valence-corrected chi connectivity index (χ0v) is 21.4. The van der Waals surface area contributed by atoms with Gasteiger partial charge in [-0.2, -0.15) is 0 Å². The fourth-order valence-electron chi connectivity index (χ4n) is 4.40. The zero-order valence-electron chi connectivity index (χ0n) is 21.4. The molecule has 2 aromatic carbocycles. The molecular weight excluding hydrogens is 440 g/mol. The number of hydrogen-bond donors (Lipinski definition) is 3. The van der Waals surface area contributed by atoms with Gasteiger partial charge in [0.2, 0.25) is 17.7 Å². The fraction of sp³-hybridized carbons (Fsp3) is 0.464. The molecule has 0 aromatic heterocycles. The largest absolute Gasteiger partial charge is 0.343 e. The Morgan fingerprint density at radius 2 is 1.46 bits per heavy atom. The number of rotatable bonds is 8. The normalized spacial score (nSPS) is 17.7. The van der Waals surface area contributed by atoms with Crippen LogP contribution < -0.4 is 16.0 Å². The summed E-state index contributed by atoms with van der Waals surface area (Å²) in [4.78, 5) is 41.5. The summed E-state index contributed by atoms with van der Waals surface area (Å²) in [6.07, 6.45) is 1.33. The van der Waals surface area contributed by atoms with Gasteiger partial charge in [-0.25, -0.2) is 0 Å². The molecule has 35 heavy (non-hydrogen) atoms. The molecule has 0 bridgehead atoms. The Labute approximate surface area is 208 Å². The van der Waals surface area contributed by atoms with Crippen LogP contribution in [0, 0.1) is 5.41 Å². The lowest BCUT2D eigenvalue weighted by atomic mass is 9.85. The first-order valence-electron chi connectivity index (χ1n) is 12.3. The van der Waals surface area contributed by atoms with Crippen LogP contribution in [0.4, 0.5) is 0 Å². The van der Waals surface area contributed by atoms with Crippen molar-refractivity contribution in [1.82, 2.24) is 20.9 Å². The Morgan fingerprint density at radius 1 is 0.914 bits per heavy atom.